The molecule has 0 aliphatic carbocycles. The average molecular weight is 496 g/mol. The van der Waals surface area contributed by atoms with Crippen molar-refractivity contribution in [2.24, 2.45) is 5.92 Å². The van der Waals surface area contributed by atoms with Gasteiger partial charge in [-0.2, -0.15) is 4.31 Å². The Hall–Kier alpha value is -3.43. The van der Waals surface area contributed by atoms with E-state index >= 15 is 0 Å². The molecule has 1 aliphatic heterocycles. The summed E-state index contributed by atoms with van der Waals surface area (Å²) in [6, 6.07) is 19.5. The molecule has 2 aromatic carbocycles. The van der Waals surface area contributed by atoms with E-state index in [1.54, 1.807) is 18.3 Å². The van der Waals surface area contributed by atoms with E-state index in [0.717, 1.165) is 11.3 Å². The van der Waals surface area contributed by atoms with Gasteiger partial charge < -0.3 is 14.8 Å². The summed E-state index contributed by atoms with van der Waals surface area (Å²) in [6.07, 6.45) is 3.00. The molecule has 1 amide bonds. The van der Waals surface area contributed by atoms with E-state index in [0.29, 0.717) is 44.0 Å². The molecule has 1 fully saturated rings. The number of aromatic nitrogens is 1. The van der Waals surface area contributed by atoms with Crippen molar-refractivity contribution in [3.05, 3.63) is 84.2 Å². The molecule has 3 aromatic rings. The first-order valence-electron chi connectivity index (χ1n) is 11.5. The van der Waals surface area contributed by atoms with E-state index in [4.69, 9.17) is 9.47 Å². The van der Waals surface area contributed by atoms with Gasteiger partial charge in [-0.25, -0.2) is 8.42 Å². The summed E-state index contributed by atoms with van der Waals surface area (Å²) < 4.78 is 38.5. The molecular formula is C26H29N3O5S. The maximum absolute atomic E-state index is 13.1. The van der Waals surface area contributed by atoms with Gasteiger partial charge >= 0.3 is 0 Å². The van der Waals surface area contributed by atoms with Crippen molar-refractivity contribution in [1.29, 1.82) is 0 Å². The highest BCUT2D eigenvalue weighted by Gasteiger charge is 2.33. The van der Waals surface area contributed by atoms with Crippen molar-refractivity contribution >= 4 is 15.9 Å². The summed E-state index contributed by atoms with van der Waals surface area (Å²) in [4.78, 5) is 17.3. The summed E-state index contributed by atoms with van der Waals surface area (Å²) in [5.74, 6) is 0.725. The number of methoxy groups -OCH3 is 1. The number of benzene rings is 2. The third kappa shape index (κ3) is 6.37. The van der Waals surface area contributed by atoms with Crippen molar-refractivity contribution < 1.29 is 22.7 Å². The standard InChI is InChI=1S/C26H29N3O5S/c1-33-23-10-12-25(13-11-23)35(31,32)29-15-5-7-21(18-29)26(30)28-17-20-6-4-9-24(16-20)34-19-22-8-2-3-14-27-22/h2-4,6,8-14,16,21H,5,7,15,17-19H2,1H3,(H,28,30). The Morgan fingerprint density at radius 1 is 1.09 bits per heavy atom. The lowest BCUT2D eigenvalue weighted by Crippen LogP contribution is -2.45. The quantitative estimate of drug-likeness (QED) is 0.489. The van der Waals surface area contributed by atoms with Crippen molar-refractivity contribution in [2.45, 2.75) is 30.9 Å². The number of hydrogen-bond acceptors (Lipinski definition) is 6. The number of nitrogens with zero attached hydrogens (tertiary/aromatic N) is 2. The molecule has 1 N–H and O–H groups in total. The number of hydrogen-bond donors (Lipinski definition) is 1. The van der Waals surface area contributed by atoms with Crippen LogP contribution >= 0.6 is 0 Å². The molecule has 2 heterocycles. The number of rotatable bonds is 9. The minimum atomic E-state index is -3.68. The molecule has 8 nitrogen and oxygen atoms in total. The summed E-state index contributed by atoms with van der Waals surface area (Å²) in [7, 11) is -2.15. The number of pyridine rings is 1. The Balaban J connectivity index is 1.32. The summed E-state index contributed by atoms with van der Waals surface area (Å²) in [6.45, 7) is 1.25. The van der Waals surface area contributed by atoms with Gasteiger partial charge in [-0.15, -0.1) is 0 Å². The SMILES string of the molecule is COc1ccc(S(=O)(=O)N2CCCC(C(=O)NCc3cccc(OCc4ccccn4)c3)C2)cc1. The topological polar surface area (TPSA) is 97.8 Å². The number of piperidine rings is 1. The number of amides is 1. The van der Waals surface area contributed by atoms with Gasteiger partial charge in [0.2, 0.25) is 15.9 Å². The monoisotopic (exact) mass is 495 g/mol. The van der Waals surface area contributed by atoms with Crippen LogP contribution in [0.1, 0.15) is 24.1 Å². The van der Waals surface area contributed by atoms with Gasteiger partial charge in [-0.1, -0.05) is 18.2 Å². The lowest BCUT2D eigenvalue weighted by molar-refractivity contribution is -0.126. The van der Waals surface area contributed by atoms with Crippen LogP contribution in [0.4, 0.5) is 0 Å². The average Bonchev–Trinajstić information content (AvgIpc) is 2.91. The smallest absolute Gasteiger partial charge is 0.243 e. The number of sulfonamides is 1. The summed E-state index contributed by atoms with van der Waals surface area (Å²) >= 11 is 0. The third-order valence-electron chi connectivity index (χ3n) is 5.93. The molecule has 1 aliphatic rings. The van der Waals surface area contributed by atoms with Gasteiger partial charge in [0, 0.05) is 25.8 Å². The predicted molar refractivity (Wildman–Crippen MR) is 131 cm³/mol. The second-order valence-corrected chi connectivity index (χ2v) is 10.3. The van der Waals surface area contributed by atoms with Crippen LogP contribution in [0.25, 0.3) is 0 Å². The number of nitrogens with one attached hydrogen (secondary N) is 1. The van der Waals surface area contributed by atoms with Gasteiger partial charge in [0.05, 0.1) is 23.6 Å². The predicted octanol–water partition coefficient (Wildman–Crippen LogP) is 3.39. The van der Waals surface area contributed by atoms with Crippen LogP contribution < -0.4 is 14.8 Å². The molecule has 0 saturated carbocycles. The molecule has 0 bridgehead atoms. The van der Waals surface area contributed by atoms with Crippen molar-refractivity contribution in [3.8, 4) is 11.5 Å². The van der Waals surface area contributed by atoms with Crippen LogP contribution in [0.2, 0.25) is 0 Å². The van der Waals surface area contributed by atoms with Crippen LogP contribution in [0.5, 0.6) is 11.5 Å². The summed E-state index contributed by atoms with van der Waals surface area (Å²) in [5, 5.41) is 2.95. The lowest BCUT2D eigenvalue weighted by atomic mass is 9.99. The highest BCUT2D eigenvalue weighted by Crippen LogP contribution is 2.25. The fourth-order valence-corrected chi connectivity index (χ4v) is 5.51. The van der Waals surface area contributed by atoms with Gasteiger partial charge in [0.1, 0.15) is 18.1 Å². The van der Waals surface area contributed by atoms with E-state index in [1.807, 2.05) is 42.5 Å². The van der Waals surface area contributed by atoms with Crippen LogP contribution in [-0.2, 0) is 28.0 Å². The van der Waals surface area contributed by atoms with Crippen LogP contribution in [0, 0.1) is 5.92 Å². The molecule has 4 rings (SSSR count). The van der Waals surface area contributed by atoms with E-state index in [1.165, 1.54) is 23.5 Å². The highest BCUT2D eigenvalue weighted by molar-refractivity contribution is 7.89. The van der Waals surface area contributed by atoms with E-state index in [2.05, 4.69) is 10.3 Å². The van der Waals surface area contributed by atoms with Gasteiger partial charge in [-0.05, 0) is 66.9 Å². The molecular weight excluding hydrogens is 466 g/mol. The number of carbonyl (C=O) groups excluding carboxylic acids is 1. The minimum absolute atomic E-state index is 0.153. The van der Waals surface area contributed by atoms with Gasteiger partial charge in [0.15, 0.2) is 0 Å². The maximum Gasteiger partial charge on any atom is 0.243 e. The Morgan fingerprint density at radius 3 is 2.66 bits per heavy atom. The Bertz CT molecular complexity index is 1230. The lowest BCUT2D eigenvalue weighted by Gasteiger charge is -2.31. The molecule has 9 heteroatoms. The largest absolute Gasteiger partial charge is 0.497 e. The van der Waals surface area contributed by atoms with E-state index < -0.39 is 15.9 Å². The third-order valence-corrected chi connectivity index (χ3v) is 7.81. The first-order valence-corrected chi connectivity index (χ1v) is 12.9. The Labute approximate surface area is 206 Å². The highest BCUT2D eigenvalue weighted by atomic mass is 32.2. The van der Waals surface area contributed by atoms with Crippen molar-refractivity contribution in [3.63, 3.8) is 0 Å². The van der Waals surface area contributed by atoms with E-state index in [-0.39, 0.29) is 17.3 Å². The van der Waals surface area contributed by atoms with Gasteiger partial charge in [0.25, 0.3) is 0 Å². The Kier molecular flexibility index (Phi) is 7.99. The maximum atomic E-state index is 13.1. The molecule has 0 radical (unpaired) electrons. The first-order chi connectivity index (χ1) is 17.0. The zero-order chi connectivity index (χ0) is 24.7. The molecule has 1 unspecified atom stereocenters. The van der Waals surface area contributed by atoms with Crippen LogP contribution in [0.15, 0.2) is 77.8 Å². The first kappa shape index (κ1) is 24.7. The van der Waals surface area contributed by atoms with E-state index in [9.17, 15) is 13.2 Å². The molecule has 1 saturated heterocycles. The minimum Gasteiger partial charge on any atom is -0.497 e. The fraction of sp³-hybridized carbons (Fsp3) is 0.308. The molecule has 35 heavy (non-hydrogen) atoms. The second kappa shape index (κ2) is 11.3. The number of carbonyl (C=O) groups is 1. The fourth-order valence-electron chi connectivity index (χ4n) is 3.99. The van der Waals surface area contributed by atoms with Crippen LogP contribution in [0.3, 0.4) is 0 Å². The second-order valence-electron chi connectivity index (χ2n) is 8.35. The zero-order valence-electron chi connectivity index (χ0n) is 19.6. The van der Waals surface area contributed by atoms with Gasteiger partial charge in [-0.3, -0.25) is 9.78 Å². The van der Waals surface area contributed by atoms with Crippen molar-refractivity contribution in [1.82, 2.24) is 14.6 Å². The molecule has 184 valence electrons. The normalized spacial score (nSPS) is 16.4. The van der Waals surface area contributed by atoms with Crippen molar-refractivity contribution in [2.75, 3.05) is 20.2 Å². The van der Waals surface area contributed by atoms with Crippen LogP contribution in [-0.4, -0.2) is 43.8 Å². The number of ether oxygens (including phenoxy) is 2. The summed E-state index contributed by atoms with van der Waals surface area (Å²) in [5.41, 5.74) is 1.73. The zero-order valence-corrected chi connectivity index (χ0v) is 20.4. The Morgan fingerprint density at radius 2 is 1.91 bits per heavy atom. The molecule has 1 atom stereocenters. The molecule has 0 spiro atoms. The molecule has 1 aromatic heterocycles.